The van der Waals surface area contributed by atoms with E-state index in [1.807, 2.05) is 37.3 Å². The lowest BCUT2D eigenvalue weighted by atomic mass is 10.1. The van der Waals surface area contributed by atoms with Crippen LogP contribution in [-0.2, 0) is 9.53 Å². The Kier molecular flexibility index (Phi) is 7.34. The second-order valence-electron chi connectivity index (χ2n) is 6.54. The molecule has 5 nitrogen and oxygen atoms in total. The van der Waals surface area contributed by atoms with Gasteiger partial charge in [0.2, 0.25) is 5.90 Å². The number of halogens is 2. The second-order valence-corrected chi connectivity index (χ2v) is 8.55. The van der Waals surface area contributed by atoms with Gasteiger partial charge in [0.15, 0.2) is 17.2 Å². The van der Waals surface area contributed by atoms with Crippen molar-refractivity contribution in [3.63, 3.8) is 0 Å². The fourth-order valence-corrected chi connectivity index (χ4v) is 3.66. The van der Waals surface area contributed by atoms with Crippen LogP contribution in [0, 0.1) is 10.5 Å². The summed E-state index contributed by atoms with van der Waals surface area (Å²) < 4.78 is 18.6. The van der Waals surface area contributed by atoms with Gasteiger partial charge in [-0.15, -0.1) is 0 Å². The zero-order valence-electron chi connectivity index (χ0n) is 16.4. The Labute approximate surface area is 192 Å². The fourth-order valence-electron chi connectivity index (χ4n) is 2.75. The molecule has 1 aliphatic heterocycles. The monoisotopic (exact) mass is 569 g/mol. The second kappa shape index (κ2) is 9.75. The van der Waals surface area contributed by atoms with Gasteiger partial charge in [-0.05, 0) is 99.4 Å². The van der Waals surface area contributed by atoms with Gasteiger partial charge in [0.1, 0.15) is 0 Å². The van der Waals surface area contributed by atoms with Crippen LogP contribution in [0.15, 0.2) is 45.5 Å². The Hall–Kier alpha value is -1.87. The van der Waals surface area contributed by atoms with Gasteiger partial charge in [-0.25, -0.2) is 9.79 Å². The van der Waals surface area contributed by atoms with Crippen molar-refractivity contribution in [2.75, 3.05) is 13.7 Å². The third-order valence-electron chi connectivity index (χ3n) is 4.32. The first-order valence-corrected chi connectivity index (χ1v) is 11.1. The molecule has 0 spiro atoms. The zero-order valence-corrected chi connectivity index (χ0v) is 20.2. The van der Waals surface area contributed by atoms with Gasteiger partial charge in [-0.2, -0.15) is 0 Å². The number of rotatable bonds is 7. The number of hydrogen-bond donors (Lipinski definition) is 0. The van der Waals surface area contributed by atoms with Crippen LogP contribution in [0.3, 0.4) is 0 Å². The lowest BCUT2D eigenvalue weighted by molar-refractivity contribution is -0.129. The molecule has 0 bridgehead atoms. The predicted molar refractivity (Wildman–Crippen MR) is 126 cm³/mol. The molecule has 0 saturated heterocycles. The number of hydrogen-bond acceptors (Lipinski definition) is 5. The summed E-state index contributed by atoms with van der Waals surface area (Å²) in [5, 5.41) is 0. The minimum Gasteiger partial charge on any atom is -0.493 e. The molecule has 0 amide bonds. The first-order valence-electron chi connectivity index (χ1n) is 9.22. The molecule has 1 aliphatic rings. The third kappa shape index (κ3) is 5.19. The maximum Gasteiger partial charge on any atom is 0.363 e. The summed E-state index contributed by atoms with van der Waals surface area (Å²) in [7, 11) is 1.59. The highest BCUT2D eigenvalue weighted by atomic mass is 127. The van der Waals surface area contributed by atoms with E-state index in [2.05, 4.69) is 50.4 Å². The van der Waals surface area contributed by atoms with Crippen LogP contribution >= 0.6 is 38.5 Å². The summed E-state index contributed by atoms with van der Waals surface area (Å²) in [4.78, 5) is 16.7. The van der Waals surface area contributed by atoms with Crippen LogP contribution in [-0.4, -0.2) is 25.6 Å². The molecular formula is C22H21BrINO4. The molecule has 0 aliphatic carbocycles. The molecule has 29 heavy (non-hydrogen) atoms. The Morgan fingerprint density at radius 3 is 2.76 bits per heavy atom. The summed E-state index contributed by atoms with van der Waals surface area (Å²) >= 11 is 5.80. The van der Waals surface area contributed by atoms with E-state index < -0.39 is 5.97 Å². The summed E-state index contributed by atoms with van der Waals surface area (Å²) in [5.41, 5.74) is 2.88. The average molecular weight is 570 g/mol. The van der Waals surface area contributed by atoms with E-state index in [1.165, 1.54) is 0 Å². The van der Waals surface area contributed by atoms with Crippen molar-refractivity contribution < 1.29 is 19.0 Å². The Morgan fingerprint density at radius 1 is 1.28 bits per heavy atom. The highest BCUT2D eigenvalue weighted by Crippen LogP contribution is 2.37. The average Bonchev–Trinajstić information content (AvgIpc) is 3.05. The summed E-state index contributed by atoms with van der Waals surface area (Å²) in [5.74, 6) is 1.07. The van der Waals surface area contributed by atoms with E-state index in [-0.39, 0.29) is 5.70 Å². The predicted octanol–water partition coefficient (Wildman–Crippen LogP) is 5.89. The van der Waals surface area contributed by atoms with Crippen molar-refractivity contribution in [2.45, 2.75) is 26.7 Å². The van der Waals surface area contributed by atoms with E-state index >= 15 is 0 Å². The van der Waals surface area contributed by atoms with Crippen LogP contribution in [0.25, 0.3) is 6.08 Å². The quantitative estimate of drug-likeness (QED) is 0.180. The van der Waals surface area contributed by atoms with Gasteiger partial charge >= 0.3 is 5.97 Å². The summed E-state index contributed by atoms with van der Waals surface area (Å²) in [6.07, 6.45) is 3.69. The molecule has 0 saturated carbocycles. The standard InChI is InChI=1S/C22H21BrINO4/c1-4-5-8-28-20-16(23)10-14(12-19(20)27-3)11-18-22(26)29-21(25-18)15-6-7-17(24)13(2)9-15/h6-7,9-12H,4-5,8H2,1-3H3/b18-11-. The molecule has 2 aromatic carbocycles. The molecule has 0 unspecified atom stereocenters. The number of unbranched alkanes of at least 4 members (excludes halogenated alkanes) is 1. The lowest BCUT2D eigenvalue weighted by Gasteiger charge is -2.13. The van der Waals surface area contributed by atoms with Crippen LogP contribution in [0.4, 0.5) is 0 Å². The van der Waals surface area contributed by atoms with Crippen molar-refractivity contribution in [3.8, 4) is 11.5 Å². The van der Waals surface area contributed by atoms with Crippen LogP contribution in [0.1, 0.15) is 36.5 Å². The van der Waals surface area contributed by atoms with Crippen molar-refractivity contribution in [1.82, 2.24) is 0 Å². The molecule has 0 atom stereocenters. The summed E-state index contributed by atoms with van der Waals surface area (Å²) in [6.45, 7) is 4.73. The molecule has 3 rings (SSSR count). The Morgan fingerprint density at radius 2 is 2.07 bits per heavy atom. The van der Waals surface area contributed by atoms with Crippen LogP contribution in [0.5, 0.6) is 11.5 Å². The van der Waals surface area contributed by atoms with Gasteiger partial charge in [-0.3, -0.25) is 0 Å². The molecule has 0 fully saturated rings. The smallest absolute Gasteiger partial charge is 0.363 e. The first-order chi connectivity index (χ1) is 13.9. The third-order valence-corrected chi connectivity index (χ3v) is 6.12. The molecule has 2 aromatic rings. The summed E-state index contributed by atoms with van der Waals surface area (Å²) in [6, 6.07) is 9.51. The SMILES string of the molecule is CCCCOc1c(Br)cc(/C=C2\N=C(c3ccc(I)c(C)c3)OC2=O)cc1OC. The maximum atomic E-state index is 12.3. The van der Waals surface area contributed by atoms with Crippen LogP contribution in [0.2, 0.25) is 0 Å². The number of aryl methyl sites for hydroxylation is 1. The number of ether oxygens (including phenoxy) is 3. The fraction of sp³-hybridized carbons (Fsp3) is 0.273. The van der Waals surface area contributed by atoms with Crippen molar-refractivity contribution in [3.05, 3.63) is 60.8 Å². The maximum absolute atomic E-state index is 12.3. The number of carbonyl (C=O) groups is 1. The van der Waals surface area contributed by atoms with Crippen molar-refractivity contribution >= 4 is 56.5 Å². The molecule has 0 aromatic heterocycles. The zero-order chi connectivity index (χ0) is 21.0. The first kappa shape index (κ1) is 21.8. The lowest BCUT2D eigenvalue weighted by Crippen LogP contribution is -2.05. The number of esters is 1. The van der Waals surface area contributed by atoms with E-state index in [9.17, 15) is 4.79 Å². The largest absolute Gasteiger partial charge is 0.493 e. The minimum atomic E-state index is -0.477. The number of benzene rings is 2. The molecule has 0 radical (unpaired) electrons. The highest BCUT2D eigenvalue weighted by Gasteiger charge is 2.25. The molecule has 1 heterocycles. The normalized spacial score (nSPS) is 14.7. The topological polar surface area (TPSA) is 57.1 Å². The van der Waals surface area contributed by atoms with E-state index in [4.69, 9.17) is 14.2 Å². The van der Waals surface area contributed by atoms with E-state index in [1.54, 1.807) is 13.2 Å². The minimum absolute atomic E-state index is 0.241. The van der Waals surface area contributed by atoms with Gasteiger partial charge in [0.05, 0.1) is 18.2 Å². The van der Waals surface area contributed by atoms with Crippen molar-refractivity contribution in [2.24, 2.45) is 4.99 Å². The molecule has 7 heteroatoms. The number of methoxy groups -OCH3 is 1. The van der Waals surface area contributed by atoms with Crippen LogP contribution < -0.4 is 9.47 Å². The van der Waals surface area contributed by atoms with Gasteiger partial charge < -0.3 is 14.2 Å². The van der Waals surface area contributed by atoms with E-state index in [0.29, 0.717) is 24.0 Å². The van der Waals surface area contributed by atoms with Gasteiger partial charge in [-0.1, -0.05) is 13.3 Å². The highest BCUT2D eigenvalue weighted by molar-refractivity contribution is 14.1. The molecular weight excluding hydrogens is 549 g/mol. The van der Waals surface area contributed by atoms with Crippen molar-refractivity contribution in [1.29, 1.82) is 0 Å². The van der Waals surface area contributed by atoms with E-state index in [0.717, 1.165) is 37.6 Å². The Bertz CT molecular complexity index is 1000. The number of cyclic esters (lactones) is 1. The Balaban J connectivity index is 1.90. The van der Waals surface area contributed by atoms with Gasteiger partial charge in [0.25, 0.3) is 0 Å². The molecule has 0 N–H and O–H groups in total. The molecule has 152 valence electrons. The number of carbonyl (C=O) groups excluding carboxylic acids is 1. The van der Waals surface area contributed by atoms with Gasteiger partial charge in [0, 0.05) is 9.13 Å². The number of aliphatic imine (C=N–C) groups is 1. The number of nitrogens with zero attached hydrogens (tertiary/aromatic N) is 1.